The van der Waals surface area contributed by atoms with Crippen molar-refractivity contribution in [2.45, 2.75) is 58.3 Å². The molecular weight excluding hydrogens is 268 g/mol. The lowest BCUT2D eigenvalue weighted by molar-refractivity contribution is 0.0693. The fraction of sp³-hybridized carbons (Fsp3) is 0.529. The van der Waals surface area contributed by atoms with E-state index in [-0.39, 0.29) is 16.9 Å². The largest absolute Gasteiger partial charge is 0.506 e. The maximum atomic E-state index is 12.0. The van der Waals surface area contributed by atoms with Crippen molar-refractivity contribution in [3.8, 4) is 5.75 Å². The minimum Gasteiger partial charge on any atom is -0.506 e. The molecule has 0 aliphatic carbocycles. The predicted molar refractivity (Wildman–Crippen MR) is 82.0 cm³/mol. The number of ketones is 1. The Morgan fingerprint density at radius 3 is 2.14 bits per heavy atom. The molecule has 0 bridgehead atoms. The maximum absolute atomic E-state index is 12.0. The van der Waals surface area contributed by atoms with Crippen LogP contribution in [0.2, 0.25) is 0 Å². The number of Topliss-reactive ketones (excluding diaryl/α,β-unsaturated/α-hetero) is 1. The highest BCUT2D eigenvalue weighted by molar-refractivity contribution is 6.02. The second kappa shape index (κ2) is 9.16. The van der Waals surface area contributed by atoms with Gasteiger partial charge in [0.2, 0.25) is 0 Å². The van der Waals surface area contributed by atoms with Gasteiger partial charge in [0.25, 0.3) is 0 Å². The first-order valence-corrected chi connectivity index (χ1v) is 7.66. The van der Waals surface area contributed by atoms with Gasteiger partial charge in [0.05, 0.1) is 5.56 Å². The van der Waals surface area contributed by atoms with Crippen LogP contribution in [-0.2, 0) is 0 Å². The number of rotatable bonds is 10. The summed E-state index contributed by atoms with van der Waals surface area (Å²) in [4.78, 5) is 22.9. The molecule has 0 aliphatic rings. The van der Waals surface area contributed by atoms with E-state index in [0.717, 1.165) is 19.3 Å². The van der Waals surface area contributed by atoms with Crippen LogP contribution in [0.15, 0.2) is 18.2 Å². The second-order valence-corrected chi connectivity index (χ2v) is 5.30. The molecule has 1 aromatic carbocycles. The average Bonchev–Trinajstić information content (AvgIpc) is 2.46. The Morgan fingerprint density at radius 2 is 1.52 bits per heavy atom. The summed E-state index contributed by atoms with van der Waals surface area (Å²) in [5.74, 6) is -1.83. The molecule has 1 aromatic rings. The summed E-state index contributed by atoms with van der Waals surface area (Å²) in [5.41, 5.74) is -0.110. The Hall–Kier alpha value is -1.84. The molecule has 0 unspecified atom stereocenters. The van der Waals surface area contributed by atoms with Crippen molar-refractivity contribution in [3.05, 3.63) is 29.3 Å². The first-order chi connectivity index (χ1) is 10.1. The molecule has 0 spiro atoms. The summed E-state index contributed by atoms with van der Waals surface area (Å²) >= 11 is 0. The monoisotopic (exact) mass is 292 g/mol. The fourth-order valence-corrected chi connectivity index (χ4v) is 2.32. The number of unbranched alkanes of at least 4 members (excludes halogenated alkanes) is 6. The van der Waals surface area contributed by atoms with E-state index in [9.17, 15) is 14.7 Å². The molecule has 21 heavy (non-hydrogen) atoms. The highest BCUT2D eigenvalue weighted by atomic mass is 16.4. The second-order valence-electron chi connectivity index (χ2n) is 5.30. The first-order valence-electron chi connectivity index (χ1n) is 7.66. The number of para-hydroxylation sites is 1. The quantitative estimate of drug-likeness (QED) is 0.494. The maximum Gasteiger partial charge on any atom is 0.339 e. The highest BCUT2D eigenvalue weighted by Gasteiger charge is 2.17. The highest BCUT2D eigenvalue weighted by Crippen LogP contribution is 2.24. The molecule has 0 saturated carbocycles. The SMILES string of the molecule is CCCCCCCCCC(=O)c1cccc(C(=O)O)c1O. The topological polar surface area (TPSA) is 74.6 Å². The van der Waals surface area contributed by atoms with Gasteiger partial charge in [-0.05, 0) is 18.6 Å². The van der Waals surface area contributed by atoms with Crippen LogP contribution in [0, 0.1) is 0 Å². The predicted octanol–water partition coefficient (Wildman–Crippen LogP) is 4.41. The van der Waals surface area contributed by atoms with Crippen LogP contribution in [0.1, 0.15) is 79.0 Å². The molecule has 4 heteroatoms. The van der Waals surface area contributed by atoms with Crippen LogP contribution in [0.5, 0.6) is 5.75 Å². The number of benzene rings is 1. The van der Waals surface area contributed by atoms with E-state index in [1.54, 1.807) is 0 Å². The van der Waals surface area contributed by atoms with E-state index < -0.39 is 11.7 Å². The molecule has 2 N–H and O–H groups in total. The van der Waals surface area contributed by atoms with Crippen LogP contribution in [0.25, 0.3) is 0 Å². The van der Waals surface area contributed by atoms with E-state index in [1.165, 1.54) is 43.9 Å². The van der Waals surface area contributed by atoms with Crippen LogP contribution in [0.4, 0.5) is 0 Å². The van der Waals surface area contributed by atoms with Gasteiger partial charge in [0.1, 0.15) is 11.3 Å². The number of carboxylic acid groups (broad SMARTS) is 1. The lowest BCUT2D eigenvalue weighted by Gasteiger charge is -2.06. The fourth-order valence-electron chi connectivity index (χ4n) is 2.32. The lowest BCUT2D eigenvalue weighted by atomic mass is 10.0. The zero-order valence-corrected chi connectivity index (χ0v) is 12.6. The van der Waals surface area contributed by atoms with Gasteiger partial charge >= 0.3 is 5.97 Å². The lowest BCUT2D eigenvalue weighted by Crippen LogP contribution is -2.04. The molecule has 0 fully saturated rings. The molecule has 0 radical (unpaired) electrons. The van der Waals surface area contributed by atoms with E-state index >= 15 is 0 Å². The molecular formula is C17H24O4. The third kappa shape index (κ3) is 5.58. The smallest absolute Gasteiger partial charge is 0.339 e. The Labute approximate surface area is 125 Å². The molecule has 0 saturated heterocycles. The van der Waals surface area contributed by atoms with Crippen molar-refractivity contribution in [2.24, 2.45) is 0 Å². The summed E-state index contributed by atoms with van der Waals surface area (Å²) in [6.07, 6.45) is 8.16. The van der Waals surface area contributed by atoms with Crippen molar-refractivity contribution in [1.29, 1.82) is 0 Å². The Balaban J connectivity index is 2.42. The summed E-state index contributed by atoms with van der Waals surface area (Å²) in [5, 5.41) is 18.7. The third-order valence-corrected chi connectivity index (χ3v) is 3.57. The van der Waals surface area contributed by atoms with Crippen molar-refractivity contribution < 1.29 is 19.8 Å². The molecule has 0 aliphatic heterocycles. The van der Waals surface area contributed by atoms with Crippen molar-refractivity contribution in [2.75, 3.05) is 0 Å². The van der Waals surface area contributed by atoms with E-state index in [1.807, 2.05) is 0 Å². The third-order valence-electron chi connectivity index (χ3n) is 3.57. The van der Waals surface area contributed by atoms with Crippen molar-refractivity contribution in [3.63, 3.8) is 0 Å². The first kappa shape index (κ1) is 17.2. The molecule has 0 heterocycles. The summed E-state index contributed by atoms with van der Waals surface area (Å²) in [7, 11) is 0. The number of hydrogen-bond acceptors (Lipinski definition) is 3. The molecule has 1 rings (SSSR count). The molecule has 0 atom stereocenters. The normalized spacial score (nSPS) is 10.5. The Kier molecular flexibility index (Phi) is 7.51. The number of phenols is 1. The minimum absolute atomic E-state index is 0.112. The zero-order valence-electron chi connectivity index (χ0n) is 12.6. The Bertz CT molecular complexity index is 480. The van der Waals surface area contributed by atoms with E-state index in [0.29, 0.717) is 6.42 Å². The van der Waals surface area contributed by atoms with E-state index in [4.69, 9.17) is 5.11 Å². The minimum atomic E-state index is -1.22. The number of carbonyl (C=O) groups is 2. The van der Waals surface area contributed by atoms with Crippen LogP contribution < -0.4 is 0 Å². The van der Waals surface area contributed by atoms with Gasteiger partial charge in [0, 0.05) is 6.42 Å². The van der Waals surface area contributed by atoms with Crippen LogP contribution in [-0.4, -0.2) is 22.0 Å². The number of aromatic carboxylic acids is 1. The number of hydrogen-bond donors (Lipinski definition) is 2. The van der Waals surface area contributed by atoms with Gasteiger partial charge in [0.15, 0.2) is 5.78 Å². The molecule has 116 valence electrons. The molecule has 0 amide bonds. The number of aromatic hydroxyl groups is 1. The van der Waals surface area contributed by atoms with Gasteiger partial charge < -0.3 is 10.2 Å². The average molecular weight is 292 g/mol. The molecule has 0 aromatic heterocycles. The Morgan fingerprint density at radius 1 is 0.952 bits per heavy atom. The standard InChI is InChI=1S/C17H24O4/c1-2-3-4-5-6-7-8-12-15(18)13-10-9-11-14(16(13)19)17(20)21/h9-11,19H,2-8,12H2,1H3,(H,20,21). The zero-order chi connectivity index (χ0) is 15.7. The van der Waals surface area contributed by atoms with Gasteiger partial charge in [-0.2, -0.15) is 0 Å². The van der Waals surface area contributed by atoms with E-state index in [2.05, 4.69) is 6.92 Å². The number of carboxylic acids is 1. The van der Waals surface area contributed by atoms with Gasteiger partial charge in [-0.15, -0.1) is 0 Å². The van der Waals surface area contributed by atoms with Gasteiger partial charge in [-0.1, -0.05) is 51.5 Å². The van der Waals surface area contributed by atoms with Gasteiger partial charge in [-0.25, -0.2) is 4.79 Å². The summed E-state index contributed by atoms with van der Waals surface area (Å²) in [6.45, 7) is 2.18. The van der Waals surface area contributed by atoms with Crippen molar-refractivity contribution in [1.82, 2.24) is 0 Å². The summed E-state index contributed by atoms with van der Waals surface area (Å²) in [6, 6.07) is 4.26. The van der Waals surface area contributed by atoms with Crippen LogP contribution >= 0.6 is 0 Å². The summed E-state index contributed by atoms with van der Waals surface area (Å²) < 4.78 is 0. The van der Waals surface area contributed by atoms with Crippen molar-refractivity contribution >= 4 is 11.8 Å². The van der Waals surface area contributed by atoms with Gasteiger partial charge in [-0.3, -0.25) is 4.79 Å². The molecule has 4 nitrogen and oxygen atoms in total. The van der Waals surface area contributed by atoms with Crippen LogP contribution in [0.3, 0.4) is 0 Å². The number of carbonyl (C=O) groups excluding carboxylic acids is 1.